The van der Waals surface area contributed by atoms with Gasteiger partial charge in [-0.05, 0) is 48.7 Å². The topological polar surface area (TPSA) is 95.0 Å². The molecule has 0 radical (unpaired) electrons. The number of aliphatic hydroxyl groups is 1. The summed E-state index contributed by atoms with van der Waals surface area (Å²) in [7, 11) is 1.66. The second-order valence-corrected chi connectivity index (χ2v) is 11.4. The number of carbonyl (C=O) groups is 2. The van der Waals surface area contributed by atoms with Gasteiger partial charge in [0.25, 0.3) is 5.91 Å². The second kappa shape index (κ2) is 13.5. The van der Waals surface area contributed by atoms with E-state index in [1.165, 1.54) is 29.3 Å². The van der Waals surface area contributed by atoms with Crippen molar-refractivity contribution < 1.29 is 32.6 Å². The van der Waals surface area contributed by atoms with Crippen molar-refractivity contribution in [1.29, 1.82) is 0 Å². The van der Waals surface area contributed by atoms with Crippen molar-refractivity contribution in [2.45, 2.75) is 32.2 Å². The first kappa shape index (κ1) is 32.3. The molecule has 5 rings (SSSR count). The van der Waals surface area contributed by atoms with E-state index in [9.17, 15) is 27.9 Å². The van der Waals surface area contributed by atoms with Crippen LogP contribution in [0.25, 0.3) is 10.8 Å². The molecule has 0 unspecified atom stereocenters. The average molecular weight is 631 g/mol. The van der Waals surface area contributed by atoms with Gasteiger partial charge in [-0.15, -0.1) is 0 Å². The summed E-state index contributed by atoms with van der Waals surface area (Å²) in [6.07, 6.45) is -3.60. The number of anilines is 1. The minimum Gasteiger partial charge on any atom is -0.472 e. The fourth-order valence-corrected chi connectivity index (χ4v) is 5.17. The minimum absolute atomic E-state index is 0.0552. The Balaban J connectivity index is 1.39. The van der Waals surface area contributed by atoms with E-state index in [0.29, 0.717) is 16.8 Å². The normalized spacial score (nSPS) is 17.1. The van der Waals surface area contributed by atoms with Gasteiger partial charge in [-0.25, -0.2) is 9.78 Å². The molecule has 4 aromatic rings. The quantitative estimate of drug-likeness (QED) is 0.263. The Morgan fingerprint density at radius 2 is 1.80 bits per heavy atom. The highest BCUT2D eigenvalue weighted by atomic mass is 19.4. The van der Waals surface area contributed by atoms with E-state index in [4.69, 9.17) is 4.74 Å². The number of likely N-dealkylation sites (N-methyl/N-ethyl adjacent to an activating group) is 1. The zero-order valence-corrected chi connectivity index (χ0v) is 25.5. The predicted octanol–water partition coefficient (Wildman–Crippen LogP) is 6.04. The van der Waals surface area contributed by atoms with Crippen molar-refractivity contribution in [3.05, 3.63) is 101 Å². The molecule has 1 aliphatic heterocycles. The lowest BCUT2D eigenvalue weighted by Gasteiger charge is -2.37. The van der Waals surface area contributed by atoms with Crippen LogP contribution in [0.3, 0.4) is 0 Å². The number of rotatable bonds is 5. The summed E-state index contributed by atoms with van der Waals surface area (Å²) in [5.41, 5.74) is 0.731. The first-order chi connectivity index (χ1) is 21.9. The Kier molecular flexibility index (Phi) is 9.49. The van der Waals surface area contributed by atoms with Crippen molar-refractivity contribution in [3.63, 3.8) is 0 Å². The molecule has 0 bridgehead atoms. The van der Waals surface area contributed by atoms with Crippen LogP contribution in [0.15, 0.2) is 79.0 Å². The summed E-state index contributed by atoms with van der Waals surface area (Å²) >= 11 is 0. The summed E-state index contributed by atoms with van der Waals surface area (Å²) in [5.74, 6) is 5.06. The summed E-state index contributed by atoms with van der Waals surface area (Å²) in [6, 6.07) is 18.5. The van der Waals surface area contributed by atoms with Gasteiger partial charge >= 0.3 is 12.2 Å². The zero-order valence-electron chi connectivity index (χ0n) is 25.5. The number of hydrogen-bond acceptors (Lipinski definition) is 5. The second-order valence-electron chi connectivity index (χ2n) is 11.4. The van der Waals surface area contributed by atoms with E-state index in [0.717, 1.165) is 22.9 Å². The Hall–Kier alpha value is -5.08. The molecule has 46 heavy (non-hydrogen) atoms. The lowest BCUT2D eigenvalue weighted by atomic mass is 10.00. The van der Waals surface area contributed by atoms with Crippen LogP contribution in [0.2, 0.25) is 0 Å². The fourth-order valence-electron chi connectivity index (χ4n) is 5.17. The van der Waals surface area contributed by atoms with Gasteiger partial charge in [0.05, 0.1) is 30.4 Å². The Labute approximate surface area is 264 Å². The monoisotopic (exact) mass is 630 g/mol. The van der Waals surface area contributed by atoms with Gasteiger partial charge < -0.3 is 25.0 Å². The summed E-state index contributed by atoms with van der Waals surface area (Å²) in [4.78, 5) is 34.4. The van der Waals surface area contributed by atoms with E-state index in [-0.39, 0.29) is 43.1 Å². The smallest absolute Gasteiger partial charge is 0.416 e. The van der Waals surface area contributed by atoms with E-state index >= 15 is 0 Å². The SMILES string of the molecule is C[C@H](CO)N1C[C@H](C)[C@H](CN(C)C(=O)Nc2cccc3ccccc23)Oc2ncc(C#Cc3ccc(C(F)(F)F)cc3)cc2C1=O. The fraction of sp³-hybridized carbons (Fsp3) is 0.286. The Morgan fingerprint density at radius 3 is 2.52 bits per heavy atom. The number of hydrogen-bond donors (Lipinski definition) is 2. The Bertz CT molecular complexity index is 1790. The highest BCUT2D eigenvalue weighted by Crippen LogP contribution is 2.30. The van der Waals surface area contributed by atoms with Crippen molar-refractivity contribution in [2.75, 3.05) is 32.1 Å². The standard InChI is InChI=1S/C35H33F3N4O4/c1-22-19-42(23(2)21-43)33(44)29-17-25(12-11-24-13-15-27(16-14-24)35(36,37)38)18-39-32(29)46-31(22)20-41(3)34(45)40-30-10-6-8-26-7-4-5-9-28(26)30/h4-10,13-18,22-23,31,43H,19-21H2,1-3H3,(H,40,45)/t22-,23+,31-/m0/s1. The molecule has 3 atom stereocenters. The van der Waals surface area contributed by atoms with Crippen LogP contribution in [0.4, 0.5) is 23.7 Å². The maximum atomic E-state index is 13.7. The molecule has 8 nitrogen and oxygen atoms in total. The molecule has 238 valence electrons. The van der Waals surface area contributed by atoms with Crippen LogP contribution in [-0.2, 0) is 6.18 Å². The van der Waals surface area contributed by atoms with E-state index in [1.807, 2.05) is 49.4 Å². The number of nitrogens with zero attached hydrogens (tertiary/aromatic N) is 3. The molecule has 0 fully saturated rings. The molecule has 3 amide bonds. The molecular weight excluding hydrogens is 597 g/mol. The summed E-state index contributed by atoms with van der Waals surface area (Å²) in [5, 5.41) is 14.8. The first-order valence-corrected chi connectivity index (χ1v) is 14.7. The number of amides is 3. The molecule has 2 N–H and O–H groups in total. The van der Waals surface area contributed by atoms with Gasteiger partial charge in [-0.1, -0.05) is 55.2 Å². The number of alkyl halides is 3. The molecule has 0 spiro atoms. The highest BCUT2D eigenvalue weighted by Gasteiger charge is 2.35. The van der Waals surface area contributed by atoms with Gasteiger partial charge in [-0.3, -0.25) is 4.79 Å². The van der Waals surface area contributed by atoms with Crippen molar-refractivity contribution >= 4 is 28.4 Å². The third-order valence-electron chi connectivity index (χ3n) is 7.92. The minimum atomic E-state index is -4.45. The first-order valence-electron chi connectivity index (χ1n) is 14.7. The van der Waals surface area contributed by atoms with Crippen LogP contribution in [0.5, 0.6) is 5.88 Å². The molecule has 0 saturated heterocycles. The van der Waals surface area contributed by atoms with Crippen LogP contribution in [-0.4, -0.2) is 70.7 Å². The molecule has 0 saturated carbocycles. The largest absolute Gasteiger partial charge is 0.472 e. The van der Waals surface area contributed by atoms with Crippen LogP contribution in [0.1, 0.15) is 40.9 Å². The molecule has 1 aromatic heterocycles. The number of benzene rings is 3. The van der Waals surface area contributed by atoms with Crippen molar-refractivity contribution in [1.82, 2.24) is 14.8 Å². The number of ether oxygens (including phenoxy) is 1. The summed E-state index contributed by atoms with van der Waals surface area (Å²) < 4.78 is 45.0. The maximum Gasteiger partial charge on any atom is 0.416 e. The lowest BCUT2D eigenvalue weighted by Crippen LogP contribution is -2.50. The molecule has 3 aromatic carbocycles. The molecule has 1 aliphatic rings. The van der Waals surface area contributed by atoms with Crippen molar-refractivity contribution in [3.8, 4) is 17.7 Å². The van der Waals surface area contributed by atoms with Gasteiger partial charge in [0, 0.05) is 42.2 Å². The molecule has 11 heteroatoms. The highest BCUT2D eigenvalue weighted by molar-refractivity contribution is 6.01. The molecule has 0 aliphatic carbocycles. The maximum absolute atomic E-state index is 13.7. The number of pyridine rings is 1. The number of aliphatic hydroxyl groups excluding tert-OH is 1. The van der Waals surface area contributed by atoms with Gasteiger partial charge in [0.15, 0.2) is 0 Å². The average Bonchev–Trinajstić information content (AvgIpc) is 3.05. The predicted molar refractivity (Wildman–Crippen MR) is 168 cm³/mol. The van der Waals surface area contributed by atoms with Gasteiger partial charge in [-0.2, -0.15) is 13.2 Å². The zero-order chi connectivity index (χ0) is 33.0. The van der Waals surface area contributed by atoms with Crippen LogP contribution in [0, 0.1) is 17.8 Å². The third-order valence-corrected chi connectivity index (χ3v) is 7.92. The van der Waals surface area contributed by atoms with Crippen molar-refractivity contribution in [2.24, 2.45) is 5.92 Å². The van der Waals surface area contributed by atoms with E-state index < -0.39 is 29.8 Å². The van der Waals surface area contributed by atoms with Crippen LogP contribution >= 0.6 is 0 Å². The Morgan fingerprint density at radius 1 is 1.11 bits per heavy atom. The number of aromatic nitrogens is 1. The van der Waals surface area contributed by atoms with Gasteiger partial charge in [0.2, 0.25) is 5.88 Å². The number of halogens is 3. The molecule has 2 heterocycles. The van der Waals surface area contributed by atoms with E-state index in [1.54, 1.807) is 18.9 Å². The number of fused-ring (bicyclic) bond motifs is 2. The number of nitrogens with one attached hydrogen (secondary N) is 1. The number of carbonyl (C=O) groups excluding carboxylic acids is 2. The van der Waals surface area contributed by atoms with Crippen LogP contribution < -0.4 is 10.1 Å². The number of urea groups is 1. The van der Waals surface area contributed by atoms with Gasteiger partial charge in [0.1, 0.15) is 11.7 Å². The third kappa shape index (κ3) is 7.24. The lowest BCUT2D eigenvalue weighted by molar-refractivity contribution is -0.137. The van der Waals surface area contributed by atoms with E-state index in [2.05, 4.69) is 22.1 Å². The molecular formula is C35H33F3N4O4. The summed E-state index contributed by atoms with van der Waals surface area (Å²) in [6.45, 7) is 3.77.